The second-order valence-electron chi connectivity index (χ2n) is 7.05. The summed E-state index contributed by atoms with van der Waals surface area (Å²) in [5.41, 5.74) is 5.36. The number of amides is 1. The van der Waals surface area contributed by atoms with E-state index in [1.807, 2.05) is 53.9 Å². The molecule has 25 heavy (non-hydrogen) atoms. The molecule has 1 amide bonds. The Labute approximate surface area is 148 Å². The molecule has 0 unspecified atom stereocenters. The Bertz CT molecular complexity index is 891. The molecule has 4 nitrogen and oxygen atoms in total. The van der Waals surface area contributed by atoms with Gasteiger partial charge in [0.2, 0.25) is 0 Å². The lowest BCUT2D eigenvalue weighted by molar-refractivity contribution is 0.0947. The average Bonchev–Trinajstić information content (AvgIpc) is 2.93. The van der Waals surface area contributed by atoms with E-state index in [1.54, 1.807) is 0 Å². The zero-order valence-electron chi connectivity index (χ0n) is 15.3. The number of benzene rings is 1. The smallest absolute Gasteiger partial charge is 0.270 e. The van der Waals surface area contributed by atoms with Gasteiger partial charge in [0.1, 0.15) is 17.0 Å². The third kappa shape index (κ3) is 3.73. The molecule has 0 saturated heterocycles. The van der Waals surface area contributed by atoms with Gasteiger partial charge >= 0.3 is 0 Å². The molecule has 3 aromatic rings. The number of pyridine rings is 1. The monoisotopic (exact) mass is 335 g/mol. The minimum atomic E-state index is -0.0747. The van der Waals surface area contributed by atoms with Crippen molar-refractivity contribution in [3.8, 4) is 11.3 Å². The molecule has 2 heterocycles. The van der Waals surface area contributed by atoms with Crippen LogP contribution < -0.4 is 5.32 Å². The van der Waals surface area contributed by atoms with Crippen molar-refractivity contribution in [3.63, 3.8) is 0 Å². The molecular formula is C21H25N3O. The van der Waals surface area contributed by atoms with Gasteiger partial charge in [-0.05, 0) is 37.8 Å². The number of imidazole rings is 1. The predicted molar refractivity (Wildman–Crippen MR) is 102 cm³/mol. The first-order valence-electron chi connectivity index (χ1n) is 8.79. The second kappa shape index (κ2) is 7.09. The predicted octanol–water partition coefficient (Wildman–Crippen LogP) is 4.39. The number of hydrogen-bond donors (Lipinski definition) is 1. The maximum Gasteiger partial charge on any atom is 0.270 e. The van der Waals surface area contributed by atoms with Crippen molar-refractivity contribution in [1.29, 1.82) is 0 Å². The third-order valence-electron chi connectivity index (χ3n) is 4.31. The molecule has 0 aliphatic heterocycles. The topological polar surface area (TPSA) is 46.4 Å². The van der Waals surface area contributed by atoms with Gasteiger partial charge in [0, 0.05) is 18.3 Å². The largest absolute Gasteiger partial charge is 0.351 e. The van der Waals surface area contributed by atoms with Crippen LogP contribution in [0.5, 0.6) is 0 Å². The summed E-state index contributed by atoms with van der Waals surface area (Å²) in [5.74, 6) is 0.482. The first-order valence-corrected chi connectivity index (χ1v) is 8.79. The molecule has 4 heteroatoms. The molecule has 1 aromatic carbocycles. The highest BCUT2D eigenvalue weighted by molar-refractivity contribution is 5.99. The van der Waals surface area contributed by atoms with Gasteiger partial charge in [-0.15, -0.1) is 0 Å². The van der Waals surface area contributed by atoms with Gasteiger partial charge in [0.15, 0.2) is 0 Å². The van der Waals surface area contributed by atoms with E-state index in [9.17, 15) is 4.79 Å². The average molecular weight is 335 g/mol. The number of rotatable bonds is 5. The minimum Gasteiger partial charge on any atom is -0.351 e. The molecule has 2 aromatic heterocycles. The summed E-state index contributed by atoms with van der Waals surface area (Å²) in [6.45, 7) is 9.05. The number of aromatic nitrogens is 2. The highest BCUT2D eigenvalue weighted by Crippen LogP contribution is 2.25. The first-order chi connectivity index (χ1) is 12.0. The number of fused-ring (bicyclic) bond motifs is 1. The number of hydrogen-bond acceptors (Lipinski definition) is 2. The Morgan fingerprint density at radius 2 is 1.76 bits per heavy atom. The summed E-state index contributed by atoms with van der Waals surface area (Å²) in [6, 6.07) is 12.1. The fourth-order valence-electron chi connectivity index (χ4n) is 2.84. The van der Waals surface area contributed by atoms with E-state index in [1.165, 1.54) is 5.56 Å². The van der Waals surface area contributed by atoms with Crippen molar-refractivity contribution in [2.75, 3.05) is 6.54 Å². The summed E-state index contributed by atoms with van der Waals surface area (Å²) in [4.78, 5) is 17.6. The van der Waals surface area contributed by atoms with E-state index in [2.05, 4.69) is 26.1 Å². The standard InChI is InChI=1S/C21H25N3O/c1-14(2)11-12-22-21(25)20-19(17-8-5-15(3)6-9-17)23-18-10-7-16(4)13-24(18)20/h5-10,13-14H,11-12H2,1-4H3,(H,22,25). The minimum absolute atomic E-state index is 0.0747. The van der Waals surface area contributed by atoms with Crippen molar-refractivity contribution in [3.05, 3.63) is 59.4 Å². The SMILES string of the molecule is Cc1ccc(-c2nc3ccc(C)cn3c2C(=O)NCCC(C)C)cc1. The lowest BCUT2D eigenvalue weighted by Gasteiger charge is -2.09. The van der Waals surface area contributed by atoms with Gasteiger partial charge < -0.3 is 5.32 Å². The Balaban J connectivity index is 2.06. The van der Waals surface area contributed by atoms with Gasteiger partial charge in [0.25, 0.3) is 5.91 Å². The van der Waals surface area contributed by atoms with E-state index in [4.69, 9.17) is 4.98 Å². The Hall–Kier alpha value is -2.62. The van der Waals surface area contributed by atoms with Gasteiger partial charge in [-0.2, -0.15) is 0 Å². The number of carbonyl (C=O) groups excluding carboxylic acids is 1. The van der Waals surface area contributed by atoms with Gasteiger partial charge in [-0.25, -0.2) is 4.98 Å². The lowest BCUT2D eigenvalue weighted by Crippen LogP contribution is -2.27. The van der Waals surface area contributed by atoms with Gasteiger partial charge in [0.05, 0.1) is 0 Å². The molecule has 0 aliphatic carbocycles. The summed E-state index contributed by atoms with van der Waals surface area (Å²) in [7, 11) is 0. The van der Waals surface area contributed by atoms with Crippen molar-refractivity contribution in [2.24, 2.45) is 5.92 Å². The Morgan fingerprint density at radius 1 is 1.08 bits per heavy atom. The maximum absolute atomic E-state index is 12.9. The summed E-state index contributed by atoms with van der Waals surface area (Å²) < 4.78 is 1.90. The molecule has 1 N–H and O–H groups in total. The number of nitrogens with one attached hydrogen (secondary N) is 1. The van der Waals surface area contributed by atoms with Crippen LogP contribution in [0.1, 0.15) is 41.9 Å². The van der Waals surface area contributed by atoms with Crippen LogP contribution in [0.2, 0.25) is 0 Å². The zero-order chi connectivity index (χ0) is 18.0. The van der Waals surface area contributed by atoms with Crippen LogP contribution >= 0.6 is 0 Å². The molecule has 130 valence electrons. The maximum atomic E-state index is 12.9. The second-order valence-corrected chi connectivity index (χ2v) is 7.05. The van der Waals surface area contributed by atoms with E-state index < -0.39 is 0 Å². The van der Waals surface area contributed by atoms with Crippen LogP contribution in [0.15, 0.2) is 42.6 Å². The number of carbonyl (C=O) groups is 1. The molecule has 0 fully saturated rings. The molecule has 0 spiro atoms. The normalized spacial score (nSPS) is 11.2. The summed E-state index contributed by atoms with van der Waals surface area (Å²) in [6.07, 6.45) is 2.93. The Kier molecular flexibility index (Phi) is 4.88. The van der Waals surface area contributed by atoms with E-state index in [0.717, 1.165) is 28.9 Å². The molecule has 0 atom stereocenters. The molecule has 0 bridgehead atoms. The summed E-state index contributed by atoms with van der Waals surface area (Å²) in [5, 5.41) is 3.05. The van der Waals surface area contributed by atoms with Crippen LogP contribution in [0.3, 0.4) is 0 Å². The molecule has 0 aliphatic rings. The summed E-state index contributed by atoms with van der Waals surface area (Å²) >= 11 is 0. The molecule has 3 rings (SSSR count). The van der Waals surface area contributed by atoms with Crippen LogP contribution in [0.4, 0.5) is 0 Å². The molecule has 0 radical (unpaired) electrons. The number of nitrogens with zero attached hydrogens (tertiary/aromatic N) is 2. The first kappa shape index (κ1) is 17.2. The van der Waals surface area contributed by atoms with Crippen molar-refractivity contribution in [1.82, 2.24) is 14.7 Å². The quantitative estimate of drug-likeness (QED) is 0.751. The molecular weight excluding hydrogens is 310 g/mol. The van der Waals surface area contributed by atoms with E-state index in [0.29, 0.717) is 18.2 Å². The van der Waals surface area contributed by atoms with Gasteiger partial charge in [-0.1, -0.05) is 49.7 Å². The Morgan fingerprint density at radius 3 is 2.44 bits per heavy atom. The molecule has 0 saturated carbocycles. The van der Waals surface area contributed by atoms with Crippen molar-refractivity contribution < 1.29 is 4.79 Å². The number of aryl methyl sites for hydroxylation is 2. The van der Waals surface area contributed by atoms with E-state index >= 15 is 0 Å². The highest BCUT2D eigenvalue weighted by atomic mass is 16.1. The fraction of sp³-hybridized carbons (Fsp3) is 0.333. The lowest BCUT2D eigenvalue weighted by atomic mass is 10.1. The zero-order valence-corrected chi connectivity index (χ0v) is 15.3. The van der Waals surface area contributed by atoms with Gasteiger partial charge in [-0.3, -0.25) is 9.20 Å². The van der Waals surface area contributed by atoms with Crippen molar-refractivity contribution >= 4 is 11.6 Å². The fourth-order valence-corrected chi connectivity index (χ4v) is 2.84. The highest BCUT2D eigenvalue weighted by Gasteiger charge is 2.20. The van der Waals surface area contributed by atoms with E-state index in [-0.39, 0.29) is 5.91 Å². The van der Waals surface area contributed by atoms with Crippen molar-refractivity contribution in [2.45, 2.75) is 34.1 Å². The van der Waals surface area contributed by atoms with Crippen LogP contribution in [0.25, 0.3) is 16.9 Å². The third-order valence-corrected chi connectivity index (χ3v) is 4.31. The van der Waals surface area contributed by atoms with Crippen LogP contribution in [-0.4, -0.2) is 21.8 Å². The van der Waals surface area contributed by atoms with Crippen LogP contribution in [0, 0.1) is 19.8 Å². The van der Waals surface area contributed by atoms with Crippen LogP contribution in [-0.2, 0) is 0 Å².